The van der Waals surface area contributed by atoms with Gasteiger partial charge in [-0.15, -0.1) is 0 Å². The van der Waals surface area contributed by atoms with Crippen LogP contribution in [0.15, 0.2) is 60.7 Å². The molecule has 194 valence electrons. The third kappa shape index (κ3) is 7.52. The summed E-state index contributed by atoms with van der Waals surface area (Å²) in [6.07, 6.45) is 2.98. The maximum Gasteiger partial charge on any atom is 0.233 e. The molecule has 0 amide bonds. The van der Waals surface area contributed by atoms with Crippen LogP contribution in [0.25, 0.3) is 38.0 Å². The Morgan fingerprint density at radius 2 is 1.37 bits per heavy atom. The molecule has 0 fully saturated rings. The molecule has 0 heterocycles. The second-order valence-corrected chi connectivity index (χ2v) is 6.84. The molecular formula is C24H18N6O8-2. The van der Waals surface area contributed by atoms with Crippen LogP contribution < -0.4 is 4.74 Å². The van der Waals surface area contributed by atoms with Crippen molar-refractivity contribution in [3.63, 3.8) is 0 Å². The number of Topliss-reactive ketones (excluding diaryl/α,β-unsaturated/α-hetero) is 1. The number of carbonyl (C=O) groups excluding carboxylic acids is 3. The summed E-state index contributed by atoms with van der Waals surface area (Å²) >= 11 is 0. The lowest BCUT2D eigenvalue weighted by Crippen LogP contribution is -2.15. The number of fused-ring (bicyclic) bond motifs is 1. The SMILES string of the molecule is COc1cc(C(=O)c2ccc(O)c(O)c2O)ccc1O.O=C1C=Cc2ccccc2C1=O.[N-]=[N+]=[N-].[N-]=[N+]=[N-]. The zero-order valence-electron chi connectivity index (χ0n) is 19.5. The number of methoxy groups -OCH3 is 1. The number of benzene rings is 3. The van der Waals surface area contributed by atoms with Crippen molar-refractivity contribution in [1.29, 1.82) is 0 Å². The zero-order chi connectivity index (χ0) is 28.8. The van der Waals surface area contributed by atoms with E-state index in [0.717, 1.165) is 11.6 Å². The van der Waals surface area contributed by atoms with Gasteiger partial charge in [-0.1, -0.05) is 30.3 Å². The largest absolute Gasteiger partial charge is 0.504 e. The summed E-state index contributed by atoms with van der Waals surface area (Å²) < 4.78 is 4.89. The van der Waals surface area contributed by atoms with Gasteiger partial charge in [0.05, 0.1) is 12.7 Å². The summed E-state index contributed by atoms with van der Waals surface area (Å²) in [5.74, 6) is -3.44. The van der Waals surface area contributed by atoms with Crippen molar-refractivity contribution >= 4 is 23.4 Å². The number of allylic oxidation sites excluding steroid dienone is 1. The Bertz CT molecular complexity index is 1440. The van der Waals surface area contributed by atoms with Gasteiger partial charge < -0.3 is 47.3 Å². The summed E-state index contributed by atoms with van der Waals surface area (Å²) in [5.41, 5.74) is 28.3. The number of hydrogen-bond donors (Lipinski definition) is 4. The molecule has 14 heteroatoms. The second-order valence-electron chi connectivity index (χ2n) is 6.84. The number of hydrogen-bond acceptors (Lipinski definition) is 8. The molecule has 0 atom stereocenters. The minimum atomic E-state index is -0.762. The van der Waals surface area contributed by atoms with E-state index in [1.54, 1.807) is 18.2 Å². The molecule has 0 aromatic heterocycles. The minimum absolute atomic E-state index is 0.110. The van der Waals surface area contributed by atoms with Gasteiger partial charge >= 0.3 is 0 Å². The van der Waals surface area contributed by atoms with Gasteiger partial charge in [-0.25, -0.2) is 0 Å². The van der Waals surface area contributed by atoms with Crippen molar-refractivity contribution in [2.45, 2.75) is 0 Å². The van der Waals surface area contributed by atoms with Crippen LogP contribution in [0.2, 0.25) is 0 Å². The van der Waals surface area contributed by atoms with Gasteiger partial charge in [0.15, 0.2) is 28.8 Å². The zero-order valence-corrected chi connectivity index (χ0v) is 19.5. The van der Waals surface area contributed by atoms with Crippen LogP contribution >= 0.6 is 0 Å². The van der Waals surface area contributed by atoms with Gasteiger partial charge in [-0.05, 0) is 42.0 Å². The molecule has 0 bridgehead atoms. The lowest BCUT2D eigenvalue weighted by Gasteiger charge is -2.08. The molecule has 3 aromatic carbocycles. The Hall–Kier alpha value is -5.97. The van der Waals surface area contributed by atoms with Crippen LogP contribution in [0.1, 0.15) is 31.8 Å². The predicted octanol–water partition coefficient (Wildman–Crippen LogP) is 4.95. The number of rotatable bonds is 3. The van der Waals surface area contributed by atoms with Crippen LogP contribution in [0.5, 0.6) is 28.7 Å². The number of carbonyl (C=O) groups is 3. The monoisotopic (exact) mass is 518 g/mol. The molecule has 0 radical (unpaired) electrons. The summed E-state index contributed by atoms with van der Waals surface area (Å²) in [4.78, 5) is 37.4. The first-order valence-electron chi connectivity index (χ1n) is 10.1. The molecule has 0 aliphatic heterocycles. The molecule has 0 saturated carbocycles. The fourth-order valence-corrected chi connectivity index (χ4v) is 2.95. The van der Waals surface area contributed by atoms with Crippen molar-refractivity contribution in [2.75, 3.05) is 7.11 Å². The normalized spacial score (nSPS) is 10.4. The third-order valence-electron chi connectivity index (χ3n) is 4.66. The van der Waals surface area contributed by atoms with Gasteiger partial charge in [0.2, 0.25) is 17.3 Å². The van der Waals surface area contributed by atoms with Crippen molar-refractivity contribution in [3.8, 4) is 28.7 Å². The van der Waals surface area contributed by atoms with Crippen molar-refractivity contribution in [1.82, 2.24) is 0 Å². The summed E-state index contributed by atoms with van der Waals surface area (Å²) in [7, 11) is 1.34. The molecular weight excluding hydrogens is 500 g/mol. The number of aromatic hydroxyl groups is 4. The van der Waals surface area contributed by atoms with Crippen LogP contribution in [0.4, 0.5) is 0 Å². The number of phenols is 4. The maximum absolute atomic E-state index is 12.2. The van der Waals surface area contributed by atoms with Gasteiger partial charge in [0.1, 0.15) is 0 Å². The fourth-order valence-electron chi connectivity index (χ4n) is 2.95. The highest BCUT2D eigenvalue weighted by molar-refractivity contribution is 6.49. The number of ether oxygens (including phenoxy) is 1. The molecule has 0 saturated heterocycles. The number of nitrogens with zero attached hydrogens (tertiary/aromatic N) is 6. The van der Waals surface area contributed by atoms with E-state index in [-0.39, 0.29) is 22.6 Å². The Morgan fingerprint density at radius 3 is 1.97 bits per heavy atom. The van der Waals surface area contributed by atoms with E-state index in [1.165, 1.54) is 47.3 Å². The standard InChI is InChI=1S/C14H12O6.C10H6O2.2N3/c1-20-11-6-7(2-4-9(11)15)12(17)8-3-5-10(16)14(19)13(8)18;11-9-6-5-7-3-1-2-4-8(7)10(9)12;2*1-3-2/h2-6,15-16,18-19H,1H3;1-6H;;/q;;2*-1. The topological polar surface area (TPSA) is 259 Å². The van der Waals surface area contributed by atoms with Crippen LogP contribution in [0, 0.1) is 0 Å². The summed E-state index contributed by atoms with van der Waals surface area (Å²) in [6.45, 7) is 0. The molecule has 1 aliphatic rings. The molecule has 3 aromatic rings. The third-order valence-corrected chi connectivity index (χ3v) is 4.66. The van der Waals surface area contributed by atoms with Crippen LogP contribution in [0.3, 0.4) is 0 Å². The first-order valence-corrected chi connectivity index (χ1v) is 10.1. The average molecular weight is 518 g/mol. The molecule has 14 nitrogen and oxygen atoms in total. The fraction of sp³-hybridized carbons (Fsp3) is 0.0417. The first-order chi connectivity index (χ1) is 18.1. The van der Waals surface area contributed by atoms with E-state index < -0.39 is 34.6 Å². The molecule has 0 spiro atoms. The highest BCUT2D eigenvalue weighted by atomic mass is 16.5. The minimum Gasteiger partial charge on any atom is -0.504 e. The molecule has 1 aliphatic carbocycles. The van der Waals surface area contributed by atoms with E-state index in [4.69, 9.17) is 26.9 Å². The first kappa shape index (κ1) is 30.1. The van der Waals surface area contributed by atoms with E-state index >= 15 is 0 Å². The van der Waals surface area contributed by atoms with Crippen molar-refractivity contribution in [3.05, 3.63) is 115 Å². The lowest BCUT2D eigenvalue weighted by molar-refractivity contribution is -0.110. The molecule has 0 unspecified atom stereocenters. The highest BCUT2D eigenvalue weighted by Crippen LogP contribution is 2.38. The van der Waals surface area contributed by atoms with Gasteiger partial charge in [0.25, 0.3) is 0 Å². The summed E-state index contributed by atoms with van der Waals surface area (Å²) in [6, 6.07) is 13.3. The van der Waals surface area contributed by atoms with E-state index in [9.17, 15) is 34.8 Å². The lowest BCUT2D eigenvalue weighted by atomic mass is 9.96. The maximum atomic E-state index is 12.2. The van der Waals surface area contributed by atoms with Crippen molar-refractivity contribution < 1.29 is 39.5 Å². The predicted molar refractivity (Wildman–Crippen MR) is 134 cm³/mol. The van der Waals surface area contributed by atoms with Crippen LogP contribution in [-0.2, 0) is 4.79 Å². The second kappa shape index (κ2) is 14.4. The summed E-state index contributed by atoms with van der Waals surface area (Å²) in [5, 5.41) is 37.8. The van der Waals surface area contributed by atoms with E-state index in [1.807, 2.05) is 12.1 Å². The highest BCUT2D eigenvalue weighted by Gasteiger charge is 2.20. The Balaban J connectivity index is 0.000000338. The Labute approximate surface area is 214 Å². The Kier molecular flexibility index (Phi) is 11.4. The van der Waals surface area contributed by atoms with Gasteiger partial charge in [0, 0.05) is 11.1 Å². The van der Waals surface area contributed by atoms with Gasteiger partial charge in [-0.2, -0.15) is 0 Å². The molecule has 4 rings (SSSR count). The van der Waals surface area contributed by atoms with E-state index in [2.05, 4.69) is 0 Å². The van der Waals surface area contributed by atoms with Gasteiger partial charge in [-0.3, -0.25) is 24.2 Å². The molecule has 4 N–H and O–H groups in total. The number of ketones is 3. The molecule has 38 heavy (non-hydrogen) atoms. The van der Waals surface area contributed by atoms with E-state index in [0.29, 0.717) is 5.56 Å². The quantitative estimate of drug-likeness (QED) is 0.0918. The Morgan fingerprint density at radius 1 is 0.789 bits per heavy atom. The number of phenolic OH excluding ortho intramolecular Hbond substituents is 4. The van der Waals surface area contributed by atoms with Crippen molar-refractivity contribution in [2.24, 2.45) is 0 Å². The van der Waals surface area contributed by atoms with Crippen LogP contribution in [-0.4, -0.2) is 44.9 Å². The smallest absolute Gasteiger partial charge is 0.233 e. The average Bonchev–Trinajstić information content (AvgIpc) is 2.91.